The number of hydrogen-bond donors (Lipinski definition) is 0. The highest BCUT2D eigenvalue weighted by Gasteiger charge is 2.19. The van der Waals surface area contributed by atoms with Crippen molar-refractivity contribution in [3.8, 4) is 0 Å². The van der Waals surface area contributed by atoms with Crippen LogP contribution in [0.4, 0.5) is 0 Å². The van der Waals surface area contributed by atoms with Crippen LogP contribution in [0.1, 0.15) is 20.3 Å². The quantitative estimate of drug-likeness (QED) is 0.620. The molecule has 0 saturated carbocycles. The third kappa shape index (κ3) is 2.31. The largest absolute Gasteiger partial charge is 0.457 e. The molecule has 0 spiro atoms. The summed E-state index contributed by atoms with van der Waals surface area (Å²) in [6.45, 7) is 4.36. The Morgan fingerprint density at radius 2 is 2.23 bits per heavy atom. The van der Waals surface area contributed by atoms with E-state index < -0.39 is 0 Å². The van der Waals surface area contributed by atoms with Crippen LogP contribution in [0.25, 0.3) is 0 Å². The van der Waals surface area contributed by atoms with Crippen LogP contribution >= 0.6 is 0 Å². The average molecular weight is 178 g/mol. The van der Waals surface area contributed by atoms with Gasteiger partial charge in [0.15, 0.2) is 0 Å². The summed E-state index contributed by atoms with van der Waals surface area (Å²) in [6.07, 6.45) is 8.61. The maximum absolute atomic E-state index is 11.2. The van der Waals surface area contributed by atoms with Crippen LogP contribution in [0.5, 0.6) is 0 Å². The minimum atomic E-state index is -0.214. The number of cyclic esters (lactones) is 1. The van der Waals surface area contributed by atoms with Crippen molar-refractivity contribution < 1.29 is 9.53 Å². The van der Waals surface area contributed by atoms with Gasteiger partial charge in [-0.2, -0.15) is 0 Å². The minimum absolute atomic E-state index is 0.214. The van der Waals surface area contributed by atoms with Gasteiger partial charge in [0.1, 0.15) is 6.61 Å². The third-order valence-corrected chi connectivity index (χ3v) is 1.81. The molecule has 70 valence electrons. The van der Waals surface area contributed by atoms with Gasteiger partial charge in [0.2, 0.25) is 0 Å². The van der Waals surface area contributed by atoms with Crippen molar-refractivity contribution in [1.29, 1.82) is 0 Å². The first-order valence-corrected chi connectivity index (χ1v) is 4.49. The SMILES string of the molecule is CC=CC1=C(C=CCC)COC1=O. The average Bonchev–Trinajstić information content (AvgIpc) is 2.46. The molecule has 2 nitrogen and oxygen atoms in total. The zero-order chi connectivity index (χ0) is 9.68. The molecule has 0 unspecified atom stereocenters. The normalized spacial score (nSPS) is 17.8. The van der Waals surface area contributed by atoms with E-state index in [9.17, 15) is 4.79 Å². The summed E-state index contributed by atoms with van der Waals surface area (Å²) in [4.78, 5) is 11.2. The molecule has 0 aromatic carbocycles. The molecule has 0 fully saturated rings. The van der Waals surface area contributed by atoms with Crippen molar-refractivity contribution in [2.45, 2.75) is 20.3 Å². The predicted molar refractivity (Wildman–Crippen MR) is 52.2 cm³/mol. The van der Waals surface area contributed by atoms with E-state index in [2.05, 4.69) is 6.92 Å². The Kier molecular flexibility index (Phi) is 3.50. The summed E-state index contributed by atoms with van der Waals surface area (Å²) in [5, 5.41) is 0. The van der Waals surface area contributed by atoms with E-state index in [0.717, 1.165) is 12.0 Å². The van der Waals surface area contributed by atoms with E-state index >= 15 is 0 Å². The number of hydrogen-bond acceptors (Lipinski definition) is 2. The topological polar surface area (TPSA) is 26.3 Å². The van der Waals surface area contributed by atoms with E-state index in [-0.39, 0.29) is 5.97 Å². The molecule has 1 rings (SSSR count). The monoisotopic (exact) mass is 178 g/mol. The lowest BCUT2D eigenvalue weighted by atomic mass is 10.1. The van der Waals surface area contributed by atoms with Gasteiger partial charge in [-0.1, -0.05) is 31.2 Å². The van der Waals surface area contributed by atoms with Crippen LogP contribution in [0.15, 0.2) is 35.5 Å². The Labute approximate surface area is 78.6 Å². The molecule has 0 bridgehead atoms. The van der Waals surface area contributed by atoms with E-state index in [1.807, 2.05) is 25.2 Å². The second kappa shape index (κ2) is 4.65. The van der Waals surface area contributed by atoms with E-state index in [4.69, 9.17) is 4.74 Å². The van der Waals surface area contributed by atoms with Crippen molar-refractivity contribution in [2.24, 2.45) is 0 Å². The first kappa shape index (κ1) is 9.78. The zero-order valence-corrected chi connectivity index (χ0v) is 8.04. The highest BCUT2D eigenvalue weighted by Crippen LogP contribution is 2.18. The molecule has 0 amide bonds. The molecule has 1 aliphatic rings. The molecule has 13 heavy (non-hydrogen) atoms. The van der Waals surface area contributed by atoms with Gasteiger partial charge < -0.3 is 4.74 Å². The highest BCUT2D eigenvalue weighted by atomic mass is 16.5. The summed E-state index contributed by atoms with van der Waals surface area (Å²) in [7, 11) is 0. The van der Waals surface area contributed by atoms with Crippen LogP contribution in [0.2, 0.25) is 0 Å². The van der Waals surface area contributed by atoms with Crippen molar-refractivity contribution >= 4 is 5.97 Å². The summed E-state index contributed by atoms with van der Waals surface area (Å²) < 4.78 is 4.91. The van der Waals surface area contributed by atoms with Crippen LogP contribution in [-0.2, 0) is 9.53 Å². The lowest BCUT2D eigenvalue weighted by Gasteiger charge is -1.89. The number of carbonyl (C=O) groups excluding carboxylic acids is 1. The molecular formula is C11H14O2. The fourth-order valence-electron chi connectivity index (χ4n) is 1.17. The molecule has 0 aromatic heterocycles. The fraction of sp³-hybridized carbons (Fsp3) is 0.364. The third-order valence-electron chi connectivity index (χ3n) is 1.81. The predicted octanol–water partition coefficient (Wildman–Crippen LogP) is 2.38. The van der Waals surface area contributed by atoms with Gasteiger partial charge in [-0.05, 0) is 13.3 Å². The van der Waals surface area contributed by atoms with Crippen LogP contribution in [0, 0.1) is 0 Å². The summed E-state index contributed by atoms with van der Waals surface area (Å²) >= 11 is 0. The zero-order valence-electron chi connectivity index (χ0n) is 8.04. The van der Waals surface area contributed by atoms with Crippen molar-refractivity contribution in [1.82, 2.24) is 0 Å². The summed E-state index contributed by atoms with van der Waals surface area (Å²) in [5.41, 5.74) is 1.66. The maximum Gasteiger partial charge on any atom is 0.338 e. The van der Waals surface area contributed by atoms with Gasteiger partial charge in [-0.3, -0.25) is 0 Å². The van der Waals surface area contributed by atoms with Crippen molar-refractivity contribution in [3.05, 3.63) is 35.5 Å². The van der Waals surface area contributed by atoms with Gasteiger partial charge >= 0.3 is 5.97 Å². The van der Waals surface area contributed by atoms with Crippen LogP contribution in [-0.4, -0.2) is 12.6 Å². The molecule has 0 atom stereocenters. The van der Waals surface area contributed by atoms with E-state index in [1.165, 1.54) is 0 Å². The Morgan fingerprint density at radius 3 is 2.85 bits per heavy atom. The summed E-state index contributed by atoms with van der Waals surface area (Å²) in [6, 6.07) is 0. The first-order valence-electron chi connectivity index (χ1n) is 4.49. The highest BCUT2D eigenvalue weighted by molar-refractivity contribution is 5.95. The fourth-order valence-corrected chi connectivity index (χ4v) is 1.17. The number of allylic oxidation sites excluding steroid dienone is 2. The van der Waals surface area contributed by atoms with E-state index in [1.54, 1.807) is 6.08 Å². The summed E-state index contributed by atoms with van der Waals surface area (Å²) in [5.74, 6) is -0.214. The van der Waals surface area contributed by atoms with Gasteiger partial charge in [-0.15, -0.1) is 0 Å². The lowest BCUT2D eigenvalue weighted by Crippen LogP contribution is -1.96. The minimum Gasteiger partial charge on any atom is -0.457 e. The molecule has 0 radical (unpaired) electrons. The lowest BCUT2D eigenvalue weighted by molar-refractivity contribution is -0.135. The Balaban J connectivity index is 2.88. The number of ether oxygens (including phenoxy) is 1. The first-order chi connectivity index (χ1) is 6.29. The van der Waals surface area contributed by atoms with Gasteiger partial charge in [0.05, 0.1) is 5.57 Å². The Bertz CT molecular complexity index is 282. The second-order valence-electron chi connectivity index (χ2n) is 2.83. The number of carbonyl (C=O) groups is 1. The van der Waals surface area contributed by atoms with Crippen LogP contribution in [0.3, 0.4) is 0 Å². The second-order valence-corrected chi connectivity index (χ2v) is 2.83. The van der Waals surface area contributed by atoms with Gasteiger partial charge in [0.25, 0.3) is 0 Å². The molecule has 0 aliphatic carbocycles. The molecule has 0 saturated heterocycles. The van der Waals surface area contributed by atoms with E-state index in [0.29, 0.717) is 12.2 Å². The molecule has 1 heterocycles. The molecule has 1 aliphatic heterocycles. The van der Waals surface area contributed by atoms with Crippen LogP contribution < -0.4 is 0 Å². The molecular weight excluding hydrogens is 164 g/mol. The van der Waals surface area contributed by atoms with Gasteiger partial charge in [-0.25, -0.2) is 4.79 Å². The molecule has 2 heteroatoms. The number of esters is 1. The maximum atomic E-state index is 11.2. The smallest absolute Gasteiger partial charge is 0.338 e. The standard InChI is InChI=1S/C11H14O2/c1-3-5-7-9-8-13-11(12)10(9)6-4-2/h4-7H,3,8H2,1-2H3. The Morgan fingerprint density at radius 1 is 1.46 bits per heavy atom. The van der Waals surface area contributed by atoms with Crippen molar-refractivity contribution in [3.63, 3.8) is 0 Å². The van der Waals surface area contributed by atoms with Crippen molar-refractivity contribution in [2.75, 3.05) is 6.61 Å². The molecule has 0 N–H and O–H groups in total. The molecule has 0 aromatic rings. The number of rotatable bonds is 3. The van der Waals surface area contributed by atoms with Gasteiger partial charge in [0, 0.05) is 5.57 Å². The Hall–Kier alpha value is -1.31.